The number of carbonyl (C=O) groups is 1. The predicted octanol–water partition coefficient (Wildman–Crippen LogP) is 2.75. The molecule has 3 aliphatic rings. The van der Waals surface area contributed by atoms with E-state index in [4.69, 9.17) is 9.88 Å². The summed E-state index contributed by atoms with van der Waals surface area (Å²) in [6.45, 7) is 4.59. The number of rotatable bonds is 2. The summed E-state index contributed by atoms with van der Waals surface area (Å²) in [7, 11) is -3.46. The molecule has 0 saturated carbocycles. The summed E-state index contributed by atoms with van der Waals surface area (Å²) in [6, 6.07) is 1.57. The Labute approximate surface area is 163 Å². The Kier molecular flexibility index (Phi) is 3.82. The zero-order valence-electron chi connectivity index (χ0n) is 15.9. The molecule has 3 N–H and O–H groups in total. The van der Waals surface area contributed by atoms with Crippen LogP contribution in [0.1, 0.15) is 48.4 Å². The summed E-state index contributed by atoms with van der Waals surface area (Å²) in [4.78, 5) is 12.8. The highest BCUT2D eigenvalue weighted by molar-refractivity contribution is 7.91. The predicted molar refractivity (Wildman–Crippen MR) is 105 cm³/mol. The quantitative estimate of drug-likeness (QED) is 0.806. The molecule has 1 aromatic carbocycles. The molecule has 0 bridgehead atoms. The number of aryl methyl sites for hydroxylation is 1. The molecule has 0 fully saturated rings. The van der Waals surface area contributed by atoms with E-state index in [-0.39, 0.29) is 11.0 Å². The van der Waals surface area contributed by atoms with Crippen molar-refractivity contribution in [3.8, 4) is 5.88 Å². The zero-order chi connectivity index (χ0) is 19.6. The number of hydrogen-bond acceptors (Lipinski definition) is 4. The number of ether oxygens (including phenoxy) is 1. The number of nitrogens with zero attached hydrogens (tertiary/aromatic N) is 3. The molecule has 2 amide bonds. The van der Waals surface area contributed by atoms with Gasteiger partial charge in [0.15, 0.2) is 9.92 Å². The van der Waals surface area contributed by atoms with Gasteiger partial charge in [-0.1, -0.05) is 13.0 Å². The molecule has 0 radical (unpaired) electrons. The third-order valence-electron chi connectivity index (χ3n) is 5.81. The highest BCUT2D eigenvalue weighted by atomic mass is 32.2. The highest BCUT2D eigenvalue weighted by Gasteiger charge is 2.32. The number of nitrogens with one attached hydrogen (secondary N) is 1. The molecule has 148 valence electrons. The first-order valence-corrected chi connectivity index (χ1v) is 11.2. The van der Waals surface area contributed by atoms with Gasteiger partial charge in [0.1, 0.15) is 11.0 Å². The van der Waals surface area contributed by atoms with Gasteiger partial charge in [-0.3, -0.25) is 0 Å². The van der Waals surface area contributed by atoms with Gasteiger partial charge in [-0.25, -0.2) is 18.8 Å². The van der Waals surface area contributed by atoms with Crippen LogP contribution in [0.4, 0.5) is 10.5 Å². The molecule has 3 atom stereocenters. The fraction of sp³-hybridized carbons (Fsp3) is 0.474. The summed E-state index contributed by atoms with van der Waals surface area (Å²) >= 11 is 0. The first-order valence-electron chi connectivity index (χ1n) is 9.59. The van der Waals surface area contributed by atoms with Crippen LogP contribution in [0.25, 0.3) is 0 Å². The Morgan fingerprint density at radius 2 is 2.21 bits per heavy atom. The molecular formula is C19H23N5O3S. The molecule has 1 unspecified atom stereocenters. The zero-order valence-corrected chi connectivity index (χ0v) is 16.7. The summed E-state index contributed by atoms with van der Waals surface area (Å²) in [5.74, 6) is 0.724. The second-order valence-corrected chi connectivity index (χ2v) is 9.70. The minimum absolute atomic E-state index is 0.0845. The minimum Gasteiger partial charge on any atom is -0.472 e. The van der Waals surface area contributed by atoms with Gasteiger partial charge in [0.05, 0.1) is 12.7 Å². The number of urea groups is 1. The van der Waals surface area contributed by atoms with Crippen molar-refractivity contribution >= 4 is 21.6 Å². The molecular weight excluding hydrogens is 378 g/mol. The number of benzene rings is 1. The second-order valence-electron chi connectivity index (χ2n) is 7.94. The van der Waals surface area contributed by atoms with Gasteiger partial charge in [-0.05, 0) is 60.8 Å². The first kappa shape index (κ1) is 17.7. The van der Waals surface area contributed by atoms with Crippen molar-refractivity contribution in [1.82, 2.24) is 9.78 Å². The van der Waals surface area contributed by atoms with Crippen LogP contribution >= 0.6 is 0 Å². The van der Waals surface area contributed by atoms with E-state index < -0.39 is 15.9 Å². The van der Waals surface area contributed by atoms with Gasteiger partial charge in [0.2, 0.25) is 5.88 Å². The lowest BCUT2D eigenvalue weighted by Crippen LogP contribution is -2.23. The van der Waals surface area contributed by atoms with E-state index in [0.29, 0.717) is 18.3 Å². The van der Waals surface area contributed by atoms with E-state index in [9.17, 15) is 9.00 Å². The maximum atomic E-state index is 13.0. The number of amides is 2. The van der Waals surface area contributed by atoms with Crippen molar-refractivity contribution < 1.29 is 13.7 Å². The Morgan fingerprint density at radius 3 is 3.00 bits per heavy atom. The molecule has 1 aromatic heterocycles. The largest absolute Gasteiger partial charge is 0.472 e. The van der Waals surface area contributed by atoms with Crippen molar-refractivity contribution in [1.29, 1.82) is 0 Å². The smallest absolute Gasteiger partial charge is 0.354 e. The average molecular weight is 401 g/mol. The van der Waals surface area contributed by atoms with Crippen LogP contribution in [0, 0.1) is 0 Å². The lowest BCUT2D eigenvalue weighted by Gasteiger charge is -2.31. The van der Waals surface area contributed by atoms with E-state index >= 15 is 0 Å². The Hall–Kier alpha value is -2.39. The minimum atomic E-state index is -3.46. The van der Waals surface area contributed by atoms with Crippen LogP contribution in [-0.4, -0.2) is 26.1 Å². The highest BCUT2D eigenvalue weighted by Crippen LogP contribution is 2.45. The molecule has 0 saturated heterocycles. The van der Waals surface area contributed by atoms with Crippen molar-refractivity contribution in [2.45, 2.75) is 63.0 Å². The molecule has 9 heteroatoms. The topological polar surface area (TPSA) is 112 Å². The van der Waals surface area contributed by atoms with Crippen molar-refractivity contribution in [3.63, 3.8) is 0 Å². The number of hydrogen-bond donors (Lipinski definition) is 2. The van der Waals surface area contributed by atoms with Gasteiger partial charge in [-0.15, -0.1) is 4.36 Å². The molecule has 2 aromatic rings. The van der Waals surface area contributed by atoms with Crippen LogP contribution in [0.3, 0.4) is 0 Å². The van der Waals surface area contributed by atoms with Gasteiger partial charge < -0.3 is 10.1 Å². The lowest BCUT2D eigenvalue weighted by molar-refractivity contribution is 0.248. The van der Waals surface area contributed by atoms with Crippen LogP contribution in [0.15, 0.2) is 21.5 Å². The van der Waals surface area contributed by atoms with E-state index in [1.165, 1.54) is 28.5 Å². The fourth-order valence-electron chi connectivity index (χ4n) is 4.58. The Morgan fingerprint density at radius 1 is 1.39 bits per heavy atom. The normalized spacial score (nSPS) is 23.7. The van der Waals surface area contributed by atoms with Crippen molar-refractivity contribution in [2.75, 3.05) is 5.32 Å². The summed E-state index contributed by atoms with van der Waals surface area (Å²) in [5, 5.41) is 13.0. The molecule has 28 heavy (non-hydrogen) atoms. The van der Waals surface area contributed by atoms with Crippen LogP contribution in [-0.2, 0) is 35.7 Å². The third kappa shape index (κ3) is 2.64. The number of aromatic nitrogens is 2. The Balaban J connectivity index is 1.49. The van der Waals surface area contributed by atoms with E-state index in [2.05, 4.69) is 27.8 Å². The van der Waals surface area contributed by atoms with Crippen LogP contribution in [0.5, 0.6) is 5.88 Å². The van der Waals surface area contributed by atoms with E-state index in [0.717, 1.165) is 31.4 Å². The number of nitrogens with two attached hydrogens (primary N) is 1. The molecule has 2 heterocycles. The summed E-state index contributed by atoms with van der Waals surface area (Å²) in [5.41, 5.74) is 5.79. The number of carbonyl (C=O) groups excluding carboxylic acids is 1. The van der Waals surface area contributed by atoms with E-state index in [1.54, 1.807) is 4.68 Å². The van der Waals surface area contributed by atoms with Gasteiger partial charge in [-0.2, -0.15) is 5.10 Å². The van der Waals surface area contributed by atoms with Crippen LogP contribution in [0.2, 0.25) is 0 Å². The first-order chi connectivity index (χ1) is 13.3. The van der Waals surface area contributed by atoms with E-state index in [1.807, 2.05) is 6.92 Å². The lowest BCUT2D eigenvalue weighted by atomic mass is 9.75. The van der Waals surface area contributed by atoms with Gasteiger partial charge in [0, 0.05) is 5.69 Å². The summed E-state index contributed by atoms with van der Waals surface area (Å²) < 4.78 is 24.0. The summed E-state index contributed by atoms with van der Waals surface area (Å²) in [6.07, 6.45) is 5.36. The fourth-order valence-corrected chi connectivity index (χ4v) is 5.57. The maximum Gasteiger partial charge on any atom is 0.354 e. The standard InChI is InChI=1S/C19H23N5O3S/c1-10-6-13-7-12-4-3-5-14(12)17(16(10)13)22-19(25)23-28(20,26)15-8-21-24-9-11(2)27-18(15)24/h7-8,10-11H,3-6,9H2,1-2H3,(H3,20,22,23,25,26)/t10-,11-,28?/m1/s1. The third-order valence-corrected chi connectivity index (χ3v) is 7.16. The van der Waals surface area contributed by atoms with Crippen LogP contribution < -0.4 is 15.2 Å². The molecule has 2 aliphatic carbocycles. The average Bonchev–Trinajstić information content (AvgIpc) is 3.27. The molecule has 0 spiro atoms. The number of fused-ring (bicyclic) bond motifs is 3. The maximum absolute atomic E-state index is 13.0. The monoisotopic (exact) mass is 401 g/mol. The van der Waals surface area contributed by atoms with Gasteiger partial charge in [0.25, 0.3) is 0 Å². The SMILES string of the molecule is C[C@@H]1Cn2ncc(S(N)(=O)=NC(=O)Nc3c4c(cc5c3[C@H](C)C5)CCC4)c2O1. The van der Waals surface area contributed by atoms with Crippen molar-refractivity contribution in [2.24, 2.45) is 9.50 Å². The van der Waals surface area contributed by atoms with Crippen molar-refractivity contribution in [3.05, 3.63) is 34.5 Å². The number of anilines is 1. The molecule has 5 rings (SSSR count). The Bertz CT molecular complexity index is 1130. The second kappa shape index (κ2) is 6.05. The molecule has 1 aliphatic heterocycles. The van der Waals surface area contributed by atoms with Gasteiger partial charge >= 0.3 is 6.03 Å². The molecule has 8 nitrogen and oxygen atoms in total.